The Balaban J connectivity index is 2.84. The predicted molar refractivity (Wildman–Crippen MR) is 72.4 cm³/mol. The van der Waals surface area contributed by atoms with Crippen LogP contribution in [-0.2, 0) is 9.47 Å². The van der Waals surface area contributed by atoms with E-state index in [4.69, 9.17) is 4.74 Å². The zero-order chi connectivity index (χ0) is 13.5. The molecule has 1 atom stereocenters. The van der Waals surface area contributed by atoms with E-state index in [1.165, 1.54) is 18.4 Å². The maximum absolute atomic E-state index is 11.4. The highest BCUT2D eigenvalue weighted by atomic mass is 32.1. The van der Waals surface area contributed by atoms with Crippen molar-refractivity contribution in [3.63, 3.8) is 0 Å². The molecule has 102 valence electrons. The average Bonchev–Trinajstić information content (AvgIpc) is 2.87. The monoisotopic (exact) mass is 272 g/mol. The molecule has 0 radical (unpaired) electrons. The fraction of sp³-hybridized carbons (Fsp3) is 0.667. The van der Waals surface area contributed by atoms with Gasteiger partial charge in [-0.15, -0.1) is 11.3 Å². The van der Waals surface area contributed by atoms with Crippen molar-refractivity contribution in [2.45, 2.75) is 26.3 Å². The summed E-state index contributed by atoms with van der Waals surface area (Å²) in [5.41, 5.74) is 0.364. The molecule has 1 aromatic heterocycles. The Kier molecular flexibility index (Phi) is 6.07. The number of aromatic nitrogens is 1. The average molecular weight is 272 g/mol. The summed E-state index contributed by atoms with van der Waals surface area (Å²) in [5, 5.41) is 2.56. The quantitative estimate of drug-likeness (QED) is 0.712. The van der Waals surface area contributed by atoms with E-state index in [0.717, 1.165) is 18.1 Å². The number of esters is 1. The van der Waals surface area contributed by atoms with Crippen LogP contribution in [0.15, 0.2) is 5.38 Å². The summed E-state index contributed by atoms with van der Waals surface area (Å²) in [4.78, 5) is 17.9. The summed E-state index contributed by atoms with van der Waals surface area (Å²) in [7, 11) is 3.04. The Bertz CT molecular complexity index is 381. The summed E-state index contributed by atoms with van der Waals surface area (Å²) in [6, 6.07) is 0.358. The summed E-state index contributed by atoms with van der Waals surface area (Å²) in [6.07, 6.45) is 1.01. The molecule has 1 aromatic rings. The fourth-order valence-corrected chi connectivity index (χ4v) is 2.43. The fourth-order valence-electron chi connectivity index (χ4n) is 1.51. The van der Waals surface area contributed by atoms with Gasteiger partial charge < -0.3 is 14.4 Å². The molecule has 0 saturated carbocycles. The van der Waals surface area contributed by atoms with Crippen LogP contribution in [-0.4, -0.2) is 44.4 Å². The van der Waals surface area contributed by atoms with Crippen molar-refractivity contribution < 1.29 is 14.3 Å². The van der Waals surface area contributed by atoms with Crippen molar-refractivity contribution in [1.82, 2.24) is 4.98 Å². The number of hydrogen-bond acceptors (Lipinski definition) is 6. The van der Waals surface area contributed by atoms with E-state index in [9.17, 15) is 4.79 Å². The largest absolute Gasteiger partial charge is 0.464 e. The van der Waals surface area contributed by atoms with Gasteiger partial charge in [-0.1, -0.05) is 6.92 Å². The molecule has 0 fully saturated rings. The summed E-state index contributed by atoms with van der Waals surface area (Å²) in [5.74, 6) is -0.395. The van der Waals surface area contributed by atoms with Crippen LogP contribution in [0.4, 0.5) is 5.13 Å². The number of nitrogens with zero attached hydrogens (tertiary/aromatic N) is 2. The summed E-state index contributed by atoms with van der Waals surface area (Å²) in [6.45, 7) is 5.66. The molecule has 1 rings (SSSR count). The Morgan fingerprint density at radius 2 is 2.28 bits per heavy atom. The third kappa shape index (κ3) is 3.68. The lowest BCUT2D eigenvalue weighted by atomic mass is 10.2. The Labute approximate surface area is 112 Å². The number of ether oxygens (including phenoxy) is 2. The Hall–Kier alpha value is -1.14. The van der Waals surface area contributed by atoms with Gasteiger partial charge in [-0.3, -0.25) is 0 Å². The topological polar surface area (TPSA) is 51.7 Å². The van der Waals surface area contributed by atoms with Crippen LogP contribution < -0.4 is 4.90 Å². The molecule has 0 aliphatic carbocycles. The normalized spacial score (nSPS) is 12.2. The lowest BCUT2D eigenvalue weighted by Gasteiger charge is -2.27. The standard InChI is InChI=1S/C12H20N2O3S/c1-5-9(2)14(6-7-16-3)12-13-10(8-18-12)11(15)17-4/h8-9H,5-7H2,1-4H3. The zero-order valence-electron chi connectivity index (χ0n) is 11.3. The second-order valence-corrected chi connectivity index (χ2v) is 4.79. The maximum atomic E-state index is 11.4. The van der Waals surface area contributed by atoms with E-state index in [1.54, 1.807) is 12.5 Å². The van der Waals surface area contributed by atoms with E-state index in [2.05, 4.69) is 28.5 Å². The van der Waals surface area contributed by atoms with E-state index < -0.39 is 5.97 Å². The molecule has 0 aromatic carbocycles. The van der Waals surface area contributed by atoms with Gasteiger partial charge in [-0.25, -0.2) is 9.78 Å². The van der Waals surface area contributed by atoms with Crippen molar-refractivity contribution in [1.29, 1.82) is 0 Å². The van der Waals surface area contributed by atoms with Gasteiger partial charge in [-0.05, 0) is 13.3 Å². The number of carbonyl (C=O) groups excluding carboxylic acids is 1. The van der Waals surface area contributed by atoms with E-state index in [0.29, 0.717) is 18.3 Å². The lowest BCUT2D eigenvalue weighted by Crippen LogP contribution is -2.35. The molecule has 5 nitrogen and oxygen atoms in total. The van der Waals surface area contributed by atoms with Gasteiger partial charge in [0.25, 0.3) is 0 Å². The molecule has 6 heteroatoms. The predicted octanol–water partition coefficient (Wildman–Crippen LogP) is 2.18. The Morgan fingerprint density at radius 1 is 1.56 bits per heavy atom. The van der Waals surface area contributed by atoms with Gasteiger partial charge >= 0.3 is 5.97 Å². The van der Waals surface area contributed by atoms with Crippen molar-refractivity contribution in [3.05, 3.63) is 11.1 Å². The molecule has 0 N–H and O–H groups in total. The van der Waals surface area contributed by atoms with Gasteiger partial charge in [0.1, 0.15) is 0 Å². The molecular weight excluding hydrogens is 252 g/mol. The number of carbonyl (C=O) groups is 1. The van der Waals surface area contributed by atoms with Crippen molar-refractivity contribution in [3.8, 4) is 0 Å². The first kappa shape index (κ1) is 14.9. The molecule has 0 amide bonds. The van der Waals surface area contributed by atoms with Crippen LogP contribution in [0.3, 0.4) is 0 Å². The van der Waals surface area contributed by atoms with Gasteiger partial charge in [-0.2, -0.15) is 0 Å². The first-order chi connectivity index (χ1) is 8.63. The molecule has 0 aliphatic rings. The van der Waals surface area contributed by atoms with E-state index in [-0.39, 0.29) is 0 Å². The highest BCUT2D eigenvalue weighted by Crippen LogP contribution is 2.23. The molecule has 1 heterocycles. The van der Waals surface area contributed by atoms with Gasteiger partial charge in [0.15, 0.2) is 10.8 Å². The Morgan fingerprint density at radius 3 is 2.83 bits per heavy atom. The summed E-state index contributed by atoms with van der Waals surface area (Å²) < 4.78 is 9.77. The zero-order valence-corrected chi connectivity index (χ0v) is 12.1. The third-order valence-electron chi connectivity index (χ3n) is 2.79. The van der Waals surface area contributed by atoms with Crippen LogP contribution >= 0.6 is 11.3 Å². The highest BCUT2D eigenvalue weighted by molar-refractivity contribution is 7.13. The van der Waals surface area contributed by atoms with E-state index >= 15 is 0 Å². The van der Waals surface area contributed by atoms with Crippen LogP contribution in [0.5, 0.6) is 0 Å². The summed E-state index contributed by atoms with van der Waals surface area (Å²) >= 11 is 1.45. The van der Waals surface area contributed by atoms with Gasteiger partial charge in [0.05, 0.1) is 13.7 Å². The minimum absolute atomic E-state index is 0.358. The van der Waals surface area contributed by atoms with Gasteiger partial charge in [0.2, 0.25) is 0 Å². The minimum Gasteiger partial charge on any atom is -0.464 e. The number of anilines is 1. The molecule has 0 saturated heterocycles. The molecular formula is C12H20N2O3S. The van der Waals surface area contributed by atoms with Crippen LogP contribution in [0.25, 0.3) is 0 Å². The number of thiazole rings is 1. The van der Waals surface area contributed by atoms with Crippen molar-refractivity contribution >= 4 is 22.4 Å². The van der Waals surface area contributed by atoms with Crippen LogP contribution in [0, 0.1) is 0 Å². The molecule has 1 unspecified atom stereocenters. The molecule has 0 aliphatic heterocycles. The number of hydrogen-bond donors (Lipinski definition) is 0. The number of rotatable bonds is 7. The third-order valence-corrected chi connectivity index (χ3v) is 3.67. The number of methoxy groups -OCH3 is 2. The van der Waals surface area contributed by atoms with E-state index in [1.807, 2.05) is 0 Å². The first-order valence-corrected chi connectivity index (χ1v) is 6.81. The maximum Gasteiger partial charge on any atom is 0.357 e. The minimum atomic E-state index is -0.395. The van der Waals surface area contributed by atoms with Crippen LogP contribution in [0.1, 0.15) is 30.8 Å². The first-order valence-electron chi connectivity index (χ1n) is 5.93. The second-order valence-electron chi connectivity index (χ2n) is 3.95. The molecule has 18 heavy (non-hydrogen) atoms. The highest BCUT2D eigenvalue weighted by Gasteiger charge is 2.18. The van der Waals surface area contributed by atoms with Gasteiger partial charge in [0, 0.05) is 25.1 Å². The smallest absolute Gasteiger partial charge is 0.357 e. The van der Waals surface area contributed by atoms with Crippen molar-refractivity contribution in [2.75, 3.05) is 32.3 Å². The van der Waals surface area contributed by atoms with Crippen molar-refractivity contribution in [2.24, 2.45) is 0 Å². The SMILES string of the molecule is CCC(C)N(CCOC)c1nc(C(=O)OC)cs1. The molecule has 0 bridgehead atoms. The van der Waals surface area contributed by atoms with Crippen LogP contribution in [0.2, 0.25) is 0 Å². The molecule has 0 spiro atoms. The second kappa shape index (κ2) is 7.33. The lowest BCUT2D eigenvalue weighted by molar-refractivity contribution is 0.0595.